The van der Waals surface area contributed by atoms with Crippen LogP contribution in [0.2, 0.25) is 0 Å². The molecule has 2 aliphatic rings. The summed E-state index contributed by atoms with van der Waals surface area (Å²) in [6.45, 7) is 0. The van der Waals surface area contributed by atoms with Crippen molar-refractivity contribution in [2.24, 2.45) is 0 Å². The van der Waals surface area contributed by atoms with E-state index in [4.69, 9.17) is 4.42 Å². The molecule has 2 aliphatic heterocycles. The molecule has 0 radical (unpaired) electrons. The molecule has 9 heteroatoms. The molecule has 0 saturated heterocycles. The number of aromatic nitrogens is 2. The van der Waals surface area contributed by atoms with E-state index in [2.05, 4.69) is 14.3 Å². The van der Waals surface area contributed by atoms with Crippen LogP contribution in [0.4, 0.5) is 0 Å². The average Bonchev–Trinajstić information content (AvgIpc) is 2.67. The molecule has 28 heavy (non-hydrogen) atoms. The van der Waals surface area contributed by atoms with Gasteiger partial charge in [-0.25, -0.2) is 0 Å². The normalized spacial score (nSPS) is 11.5. The fourth-order valence-electron chi connectivity index (χ4n) is 2.75. The van der Waals surface area contributed by atoms with E-state index in [0.717, 1.165) is 0 Å². The van der Waals surface area contributed by atoms with Gasteiger partial charge >= 0.3 is 6.01 Å². The Morgan fingerprint density at radius 2 is 1.46 bits per heavy atom. The van der Waals surface area contributed by atoms with Crippen molar-refractivity contribution < 1.29 is 32.9 Å². The van der Waals surface area contributed by atoms with Gasteiger partial charge in [0, 0.05) is 11.1 Å². The number of benzene rings is 2. The summed E-state index contributed by atoms with van der Waals surface area (Å²) in [5.41, 5.74) is 1.13. The lowest BCUT2D eigenvalue weighted by Gasteiger charge is -2.14. The Morgan fingerprint density at radius 3 is 2.07 bits per heavy atom. The van der Waals surface area contributed by atoms with Crippen LogP contribution < -0.4 is 23.8 Å². The van der Waals surface area contributed by atoms with Gasteiger partial charge in [-0.1, -0.05) is 60.7 Å². The topological polar surface area (TPSA) is 134 Å². The summed E-state index contributed by atoms with van der Waals surface area (Å²) >= 11 is 0. The summed E-state index contributed by atoms with van der Waals surface area (Å²) < 4.78 is 42.2. The summed E-state index contributed by atoms with van der Waals surface area (Å²) in [7, 11) is -4.85. The average molecular weight is 399 g/mol. The first-order valence-corrected chi connectivity index (χ1v) is 9.21. The fourth-order valence-corrected chi connectivity index (χ4v) is 2.99. The Morgan fingerprint density at radius 1 is 0.857 bits per heavy atom. The Kier molecular flexibility index (Phi) is 4.54. The van der Waals surface area contributed by atoms with E-state index < -0.39 is 21.8 Å². The van der Waals surface area contributed by atoms with Crippen LogP contribution in [0, 0.1) is 10.2 Å². The van der Waals surface area contributed by atoms with Crippen LogP contribution in [0.15, 0.2) is 75.9 Å². The van der Waals surface area contributed by atoms with Crippen LogP contribution in [-0.4, -0.2) is 9.97 Å². The van der Waals surface area contributed by atoms with Crippen LogP contribution in [0.25, 0.3) is 33.9 Å². The van der Waals surface area contributed by atoms with E-state index in [1.54, 1.807) is 42.5 Å². The Bertz CT molecular complexity index is 1140. The van der Waals surface area contributed by atoms with Crippen molar-refractivity contribution in [1.82, 2.24) is 9.97 Å². The first kappa shape index (κ1) is 18.1. The molecule has 0 N–H and O–H groups in total. The molecule has 0 unspecified atom stereocenters. The minimum Gasteiger partial charge on any atom is -0.437 e. The zero-order valence-electron chi connectivity index (χ0n) is 14.1. The molecular weight excluding hydrogens is 388 g/mol. The number of rotatable bonds is 4. The van der Waals surface area contributed by atoms with Gasteiger partial charge < -0.3 is 4.42 Å². The molecule has 4 rings (SSSR count). The predicted molar refractivity (Wildman–Crippen MR) is 88.7 cm³/mol. The highest BCUT2D eigenvalue weighted by molar-refractivity contribution is 5.83. The SMILES string of the molecule is O=c1nc(O[Cl+3]([O-])([O-])[O-])nc2oc(-c3ccccc3)cc(-c3ccccc3)c1-2. The Hall–Kier alpha value is -3.30. The third-order valence-corrected chi connectivity index (χ3v) is 4.21. The van der Waals surface area contributed by atoms with Crippen LogP contribution in [0.5, 0.6) is 6.01 Å². The largest absolute Gasteiger partial charge is 0.486 e. The molecule has 2 aromatic rings. The second kappa shape index (κ2) is 7.02. The number of nitrogens with zero attached hydrogens (tertiary/aromatic N) is 2. The van der Waals surface area contributed by atoms with Crippen LogP contribution in [-0.2, 0) is 0 Å². The molecule has 0 saturated carbocycles. The van der Waals surface area contributed by atoms with Gasteiger partial charge in [0.05, 0.1) is 0 Å². The van der Waals surface area contributed by atoms with Crippen molar-refractivity contribution in [3.63, 3.8) is 0 Å². The number of halogens is 1. The Balaban J connectivity index is 2.00. The second-order valence-electron chi connectivity index (χ2n) is 5.70. The monoisotopic (exact) mass is 398 g/mol. The van der Waals surface area contributed by atoms with Crippen molar-refractivity contribution in [2.45, 2.75) is 0 Å². The van der Waals surface area contributed by atoms with Crippen LogP contribution >= 0.6 is 0 Å². The minimum absolute atomic E-state index is 0.0400. The number of hydrogen-bond acceptors (Lipinski definition) is 8. The maximum atomic E-state index is 12.5. The minimum atomic E-state index is -4.85. The molecular formula is C19H11ClN2O6. The third-order valence-electron chi connectivity index (χ3n) is 3.88. The molecule has 8 nitrogen and oxygen atoms in total. The van der Waals surface area contributed by atoms with Crippen molar-refractivity contribution in [3.8, 4) is 39.9 Å². The molecule has 0 fully saturated rings. The van der Waals surface area contributed by atoms with Crippen molar-refractivity contribution in [3.05, 3.63) is 77.1 Å². The van der Waals surface area contributed by atoms with Gasteiger partial charge in [-0.15, -0.1) is 9.97 Å². The standard InChI is InChI=1S/C19H11ClN2O6/c23-17-16-14(12-7-3-1-4-8-12)11-15(13-9-5-2-6-10-13)27-18(16)22-19(21-17)28-20(24,25)26/h1-11H. The van der Waals surface area contributed by atoms with E-state index in [1.165, 1.54) is 0 Å². The highest BCUT2D eigenvalue weighted by Gasteiger charge is 2.29. The summed E-state index contributed by atoms with van der Waals surface area (Å²) in [5.74, 6) is 0.188. The van der Waals surface area contributed by atoms with Crippen molar-refractivity contribution in [2.75, 3.05) is 0 Å². The summed E-state index contributed by atoms with van der Waals surface area (Å²) in [4.78, 5) is 19.8. The van der Waals surface area contributed by atoms with E-state index in [0.29, 0.717) is 22.5 Å². The quantitative estimate of drug-likeness (QED) is 0.474. The predicted octanol–water partition coefficient (Wildman–Crippen LogP) is 0.145. The summed E-state index contributed by atoms with van der Waals surface area (Å²) in [5, 5.41) is 0. The van der Waals surface area contributed by atoms with Gasteiger partial charge in [0.15, 0.2) is 0 Å². The number of fused-ring (bicyclic) bond motifs is 1. The van der Waals surface area contributed by atoms with Gasteiger partial charge in [-0.05, 0) is 15.9 Å². The molecule has 0 bridgehead atoms. The molecule has 2 heterocycles. The first-order valence-electron chi connectivity index (χ1n) is 7.98. The third kappa shape index (κ3) is 3.71. The Labute approximate surface area is 160 Å². The summed E-state index contributed by atoms with van der Waals surface area (Å²) in [6, 6.07) is 18.9. The molecule has 0 atom stereocenters. The number of hydrogen-bond donors (Lipinski definition) is 0. The van der Waals surface area contributed by atoms with Gasteiger partial charge in [-0.3, -0.25) is 4.79 Å². The van der Waals surface area contributed by atoms with Gasteiger partial charge in [0.25, 0.3) is 5.56 Å². The lowest BCUT2D eigenvalue weighted by atomic mass is 9.99. The second-order valence-corrected chi connectivity index (χ2v) is 6.61. The first-order chi connectivity index (χ1) is 13.4. The molecule has 0 aliphatic carbocycles. The van der Waals surface area contributed by atoms with E-state index in [-0.39, 0.29) is 11.5 Å². The molecule has 0 spiro atoms. The zero-order valence-corrected chi connectivity index (χ0v) is 14.8. The van der Waals surface area contributed by atoms with Crippen molar-refractivity contribution in [1.29, 1.82) is 0 Å². The van der Waals surface area contributed by atoms with E-state index >= 15 is 0 Å². The lowest BCUT2D eigenvalue weighted by molar-refractivity contribution is -1.91. The molecule has 2 aromatic carbocycles. The van der Waals surface area contributed by atoms with Gasteiger partial charge in [0.2, 0.25) is 5.89 Å². The zero-order chi connectivity index (χ0) is 19.7. The maximum Gasteiger partial charge on any atom is 0.486 e. The van der Waals surface area contributed by atoms with E-state index in [1.807, 2.05) is 24.3 Å². The smallest absolute Gasteiger partial charge is 0.437 e. The molecule has 0 aromatic heterocycles. The lowest BCUT2D eigenvalue weighted by Crippen LogP contribution is -2.63. The molecule has 140 valence electrons. The van der Waals surface area contributed by atoms with Crippen LogP contribution in [0.3, 0.4) is 0 Å². The van der Waals surface area contributed by atoms with Gasteiger partial charge in [-0.2, -0.15) is 14.0 Å². The maximum absolute atomic E-state index is 12.5. The van der Waals surface area contributed by atoms with E-state index in [9.17, 15) is 18.8 Å². The molecule has 0 amide bonds. The fraction of sp³-hybridized carbons (Fsp3) is 0. The summed E-state index contributed by atoms with van der Waals surface area (Å²) in [6.07, 6.45) is 0. The van der Waals surface area contributed by atoms with Crippen molar-refractivity contribution >= 4 is 0 Å². The highest BCUT2D eigenvalue weighted by atomic mass is 35.7. The van der Waals surface area contributed by atoms with Gasteiger partial charge in [0.1, 0.15) is 21.6 Å². The van der Waals surface area contributed by atoms with Crippen LogP contribution in [0.1, 0.15) is 0 Å². The highest BCUT2D eigenvalue weighted by Crippen LogP contribution is 2.35.